The molecule has 5 nitrogen and oxygen atoms in total. The summed E-state index contributed by atoms with van der Waals surface area (Å²) in [5.41, 5.74) is 3.00. The van der Waals surface area contributed by atoms with Gasteiger partial charge in [0.25, 0.3) is 0 Å². The summed E-state index contributed by atoms with van der Waals surface area (Å²) in [4.78, 5) is 15.5. The molecule has 5 heteroatoms. The van der Waals surface area contributed by atoms with E-state index in [4.69, 9.17) is 9.52 Å². The van der Waals surface area contributed by atoms with Crippen LogP contribution >= 0.6 is 0 Å². The van der Waals surface area contributed by atoms with Crippen LogP contribution in [0.1, 0.15) is 16.1 Å². The van der Waals surface area contributed by atoms with Crippen LogP contribution < -0.4 is 9.80 Å². The highest BCUT2D eigenvalue weighted by molar-refractivity contribution is 5.86. The van der Waals surface area contributed by atoms with E-state index in [0.29, 0.717) is 12.1 Å². The van der Waals surface area contributed by atoms with Crippen LogP contribution in [0.25, 0.3) is 0 Å². The van der Waals surface area contributed by atoms with Gasteiger partial charge in [0, 0.05) is 32.2 Å². The molecule has 2 aromatic rings. The summed E-state index contributed by atoms with van der Waals surface area (Å²) in [6.45, 7) is 2.32. The number of rotatable bonds is 3. The number of anilines is 2. The lowest BCUT2D eigenvalue weighted by molar-refractivity contribution is 0.0661. The van der Waals surface area contributed by atoms with Crippen molar-refractivity contribution >= 4 is 17.3 Å². The van der Waals surface area contributed by atoms with Crippen molar-refractivity contribution in [2.75, 3.05) is 29.9 Å². The van der Waals surface area contributed by atoms with Crippen molar-refractivity contribution in [2.24, 2.45) is 0 Å². The lowest BCUT2D eigenvalue weighted by Crippen LogP contribution is -2.38. The maximum Gasteiger partial charge on any atom is 0.372 e. The van der Waals surface area contributed by atoms with E-state index < -0.39 is 5.97 Å². The molecule has 0 saturated carbocycles. The van der Waals surface area contributed by atoms with Gasteiger partial charge >= 0.3 is 5.97 Å². The third-order valence-corrected chi connectivity index (χ3v) is 3.64. The lowest BCUT2D eigenvalue weighted by Gasteiger charge is -2.36. The van der Waals surface area contributed by atoms with Gasteiger partial charge in [0.15, 0.2) is 0 Å². The van der Waals surface area contributed by atoms with E-state index in [0.717, 1.165) is 18.8 Å². The van der Waals surface area contributed by atoms with Gasteiger partial charge in [0.05, 0.1) is 17.6 Å². The molecule has 0 fully saturated rings. The Bertz CT molecular complexity index is 636. The second kappa shape index (κ2) is 4.92. The molecule has 1 aromatic carbocycles. The predicted octanol–water partition coefficient (Wildman–Crippen LogP) is 2.43. The molecule has 1 aromatic heterocycles. The van der Waals surface area contributed by atoms with Crippen LogP contribution in [0.3, 0.4) is 0 Å². The Balaban J connectivity index is 1.91. The molecule has 0 atom stereocenters. The first-order valence-corrected chi connectivity index (χ1v) is 6.51. The number of carbonyl (C=O) groups is 1. The largest absolute Gasteiger partial charge is 0.475 e. The summed E-state index contributed by atoms with van der Waals surface area (Å²) in [5.74, 6) is -0.992. The van der Waals surface area contributed by atoms with Crippen LogP contribution in [0.15, 0.2) is 41.0 Å². The number of carboxylic acid groups (broad SMARTS) is 1. The van der Waals surface area contributed by atoms with Gasteiger partial charge < -0.3 is 19.3 Å². The quantitative estimate of drug-likeness (QED) is 0.930. The van der Waals surface area contributed by atoms with Gasteiger partial charge in [-0.25, -0.2) is 4.79 Å². The predicted molar refractivity (Wildman–Crippen MR) is 76.4 cm³/mol. The van der Waals surface area contributed by atoms with Crippen LogP contribution in [0.4, 0.5) is 11.4 Å². The summed E-state index contributed by atoms with van der Waals surface area (Å²) in [6.07, 6.45) is 1.43. The number of carboxylic acids is 1. The van der Waals surface area contributed by atoms with Crippen LogP contribution in [0.5, 0.6) is 0 Å². The van der Waals surface area contributed by atoms with Gasteiger partial charge in [-0.15, -0.1) is 0 Å². The van der Waals surface area contributed by atoms with Crippen molar-refractivity contribution < 1.29 is 14.3 Å². The number of hydrogen-bond acceptors (Lipinski definition) is 4. The maximum atomic E-state index is 11.1. The monoisotopic (exact) mass is 272 g/mol. The van der Waals surface area contributed by atoms with Gasteiger partial charge in [0.1, 0.15) is 0 Å². The summed E-state index contributed by atoms with van der Waals surface area (Å²) in [5, 5.41) is 9.10. The number of nitrogens with zero attached hydrogens (tertiary/aromatic N) is 2. The summed E-state index contributed by atoms with van der Waals surface area (Å²) in [6, 6.07) is 9.88. The molecule has 0 aliphatic carbocycles. The number of hydrogen-bond donors (Lipinski definition) is 1. The Labute approximate surface area is 117 Å². The molecule has 20 heavy (non-hydrogen) atoms. The summed E-state index contributed by atoms with van der Waals surface area (Å²) < 4.78 is 5.04. The van der Waals surface area contributed by atoms with Crippen LogP contribution in [-0.4, -0.2) is 31.2 Å². The molecule has 0 radical (unpaired) electrons. The molecule has 1 aliphatic heterocycles. The zero-order valence-electron chi connectivity index (χ0n) is 11.2. The van der Waals surface area contributed by atoms with Gasteiger partial charge in [-0.1, -0.05) is 12.1 Å². The van der Waals surface area contributed by atoms with Crippen molar-refractivity contribution in [2.45, 2.75) is 6.54 Å². The molecular weight excluding hydrogens is 256 g/mol. The number of furan rings is 1. The molecular formula is C15H16N2O3. The molecule has 2 heterocycles. The second-order valence-electron chi connectivity index (χ2n) is 4.91. The lowest BCUT2D eigenvalue weighted by atomic mass is 10.1. The number of likely N-dealkylation sites (N-methyl/N-ethyl adjacent to an activating group) is 1. The van der Waals surface area contributed by atoms with Crippen molar-refractivity contribution in [3.8, 4) is 0 Å². The fourth-order valence-electron chi connectivity index (χ4n) is 2.58. The van der Waals surface area contributed by atoms with Gasteiger partial charge in [-0.2, -0.15) is 0 Å². The Hall–Kier alpha value is -2.43. The Kier molecular flexibility index (Phi) is 3.10. The molecule has 0 spiro atoms. The molecule has 1 aliphatic rings. The number of para-hydroxylation sites is 2. The number of benzene rings is 1. The minimum absolute atomic E-state index is 0.0291. The standard InChI is InChI=1S/C15H16N2O3/c1-16-7-8-17(13-5-3-2-4-12(13)16)10-11-6-9-20-14(11)15(18)19/h2-6,9H,7-8,10H2,1H3,(H,18,19). The second-order valence-corrected chi connectivity index (χ2v) is 4.91. The van der Waals surface area contributed by atoms with Crippen LogP contribution in [0, 0.1) is 0 Å². The minimum Gasteiger partial charge on any atom is -0.475 e. The first-order valence-electron chi connectivity index (χ1n) is 6.51. The fraction of sp³-hybridized carbons (Fsp3) is 0.267. The van der Waals surface area contributed by atoms with E-state index >= 15 is 0 Å². The van der Waals surface area contributed by atoms with Crippen LogP contribution in [0.2, 0.25) is 0 Å². The van der Waals surface area contributed by atoms with Gasteiger partial charge in [-0.05, 0) is 18.2 Å². The molecule has 1 N–H and O–H groups in total. The first kappa shape index (κ1) is 12.6. The van der Waals surface area contributed by atoms with E-state index in [1.807, 2.05) is 12.1 Å². The highest BCUT2D eigenvalue weighted by atomic mass is 16.4. The van der Waals surface area contributed by atoms with E-state index in [1.165, 1.54) is 12.0 Å². The van der Waals surface area contributed by atoms with E-state index in [2.05, 4.69) is 29.0 Å². The van der Waals surface area contributed by atoms with Crippen molar-refractivity contribution in [1.82, 2.24) is 0 Å². The normalized spacial score (nSPS) is 14.2. The molecule has 0 saturated heterocycles. The van der Waals surface area contributed by atoms with Gasteiger partial charge in [-0.3, -0.25) is 0 Å². The number of fused-ring (bicyclic) bond motifs is 1. The molecule has 104 valence electrons. The Morgan fingerprint density at radius 2 is 2.00 bits per heavy atom. The highest BCUT2D eigenvalue weighted by Gasteiger charge is 2.22. The molecule has 3 rings (SSSR count). The smallest absolute Gasteiger partial charge is 0.372 e. The molecule has 0 bridgehead atoms. The van der Waals surface area contributed by atoms with Crippen LogP contribution in [-0.2, 0) is 6.54 Å². The van der Waals surface area contributed by atoms with Crippen molar-refractivity contribution in [3.63, 3.8) is 0 Å². The zero-order chi connectivity index (χ0) is 14.1. The average molecular weight is 272 g/mol. The first-order chi connectivity index (χ1) is 9.66. The maximum absolute atomic E-state index is 11.1. The topological polar surface area (TPSA) is 56.9 Å². The average Bonchev–Trinajstić information content (AvgIpc) is 2.91. The highest BCUT2D eigenvalue weighted by Crippen LogP contribution is 2.33. The fourth-order valence-corrected chi connectivity index (χ4v) is 2.58. The van der Waals surface area contributed by atoms with Gasteiger partial charge in [0.2, 0.25) is 5.76 Å². The minimum atomic E-state index is -1.02. The third kappa shape index (κ3) is 2.11. The van der Waals surface area contributed by atoms with E-state index in [-0.39, 0.29) is 5.76 Å². The molecule has 0 unspecified atom stereocenters. The molecule has 0 amide bonds. The summed E-state index contributed by atoms with van der Waals surface area (Å²) >= 11 is 0. The number of aromatic carboxylic acids is 1. The Morgan fingerprint density at radius 3 is 2.75 bits per heavy atom. The van der Waals surface area contributed by atoms with E-state index in [1.54, 1.807) is 6.07 Å². The summed E-state index contributed by atoms with van der Waals surface area (Å²) in [7, 11) is 2.07. The van der Waals surface area contributed by atoms with E-state index in [9.17, 15) is 4.79 Å². The van der Waals surface area contributed by atoms with Crippen molar-refractivity contribution in [3.05, 3.63) is 47.9 Å². The SMILES string of the molecule is CN1CCN(Cc2ccoc2C(=O)O)c2ccccc21. The van der Waals surface area contributed by atoms with Crippen molar-refractivity contribution in [1.29, 1.82) is 0 Å². The zero-order valence-corrected chi connectivity index (χ0v) is 11.2. The Morgan fingerprint density at radius 1 is 1.25 bits per heavy atom. The third-order valence-electron chi connectivity index (χ3n) is 3.64.